The maximum Gasteiger partial charge on any atom is 0.194 e. The van der Waals surface area contributed by atoms with Gasteiger partial charge in [0.2, 0.25) is 0 Å². The highest BCUT2D eigenvalue weighted by molar-refractivity contribution is 6.44. The van der Waals surface area contributed by atoms with Gasteiger partial charge in [0.05, 0.1) is 10.0 Å². The molecule has 0 saturated carbocycles. The molecule has 0 unspecified atom stereocenters. The van der Waals surface area contributed by atoms with Gasteiger partial charge >= 0.3 is 0 Å². The van der Waals surface area contributed by atoms with E-state index in [9.17, 15) is 4.79 Å². The Morgan fingerprint density at radius 2 is 1.63 bits per heavy atom. The first-order valence-corrected chi connectivity index (χ1v) is 6.52. The molecule has 0 aromatic heterocycles. The first-order chi connectivity index (χ1) is 9.00. The number of hydrogen-bond acceptors (Lipinski definition) is 2. The molecule has 0 fully saturated rings. The summed E-state index contributed by atoms with van der Waals surface area (Å²) in [6.07, 6.45) is 0. The van der Waals surface area contributed by atoms with E-state index in [0.29, 0.717) is 21.2 Å². The number of carbonyl (C=O) groups is 1. The third-order valence-corrected chi connectivity index (χ3v) is 3.66. The van der Waals surface area contributed by atoms with E-state index in [1.165, 1.54) is 0 Å². The molecule has 0 aliphatic rings. The van der Waals surface area contributed by atoms with Crippen molar-refractivity contribution in [1.29, 1.82) is 0 Å². The van der Waals surface area contributed by atoms with Crippen LogP contribution in [0.4, 0.5) is 5.69 Å². The second kappa shape index (κ2) is 5.64. The van der Waals surface area contributed by atoms with Gasteiger partial charge in [0.15, 0.2) is 5.78 Å². The van der Waals surface area contributed by atoms with Crippen LogP contribution in [0.2, 0.25) is 10.0 Å². The van der Waals surface area contributed by atoms with Gasteiger partial charge < -0.3 is 4.90 Å². The molecule has 0 bridgehead atoms. The lowest BCUT2D eigenvalue weighted by molar-refractivity contribution is 0.103. The Morgan fingerprint density at radius 1 is 1.00 bits per heavy atom. The molecule has 0 amide bonds. The quantitative estimate of drug-likeness (QED) is 0.787. The fraction of sp³-hybridized carbons (Fsp3) is 0.133. The minimum Gasteiger partial charge on any atom is -0.378 e. The number of benzene rings is 2. The van der Waals surface area contributed by atoms with E-state index in [1.54, 1.807) is 30.3 Å². The van der Waals surface area contributed by atoms with E-state index >= 15 is 0 Å². The molecule has 19 heavy (non-hydrogen) atoms. The molecule has 0 aliphatic carbocycles. The summed E-state index contributed by atoms with van der Waals surface area (Å²) in [6.45, 7) is 0. The molecule has 0 radical (unpaired) electrons. The Balaban J connectivity index is 2.36. The highest BCUT2D eigenvalue weighted by Gasteiger charge is 2.14. The van der Waals surface area contributed by atoms with Crippen molar-refractivity contribution >= 4 is 34.7 Å². The summed E-state index contributed by atoms with van der Waals surface area (Å²) in [5.41, 5.74) is 2.05. The SMILES string of the molecule is CN(C)c1ccc(C(=O)c2cccc(Cl)c2Cl)cc1. The van der Waals surface area contributed by atoms with Gasteiger partial charge in [-0.3, -0.25) is 4.79 Å². The van der Waals surface area contributed by atoms with Crippen LogP contribution in [0, 0.1) is 0 Å². The Morgan fingerprint density at radius 3 is 2.21 bits per heavy atom. The van der Waals surface area contributed by atoms with Crippen LogP contribution in [-0.2, 0) is 0 Å². The Labute approximate surface area is 122 Å². The largest absolute Gasteiger partial charge is 0.378 e. The van der Waals surface area contributed by atoms with Gasteiger partial charge in [-0.2, -0.15) is 0 Å². The highest BCUT2D eigenvalue weighted by atomic mass is 35.5. The predicted molar refractivity (Wildman–Crippen MR) is 80.7 cm³/mol. The van der Waals surface area contributed by atoms with Crippen molar-refractivity contribution in [2.75, 3.05) is 19.0 Å². The Bertz CT molecular complexity index is 606. The summed E-state index contributed by atoms with van der Waals surface area (Å²) >= 11 is 12.0. The molecular weight excluding hydrogens is 281 g/mol. The third-order valence-electron chi connectivity index (χ3n) is 2.84. The minimum atomic E-state index is -0.127. The maximum atomic E-state index is 12.3. The summed E-state index contributed by atoms with van der Waals surface area (Å²) in [7, 11) is 3.90. The fourth-order valence-electron chi connectivity index (χ4n) is 1.75. The van der Waals surface area contributed by atoms with Crippen molar-refractivity contribution in [3.05, 3.63) is 63.6 Å². The van der Waals surface area contributed by atoms with Crippen molar-refractivity contribution in [2.24, 2.45) is 0 Å². The van der Waals surface area contributed by atoms with E-state index in [-0.39, 0.29) is 5.78 Å². The number of nitrogens with zero attached hydrogens (tertiary/aromatic N) is 1. The van der Waals surface area contributed by atoms with Crippen molar-refractivity contribution in [3.8, 4) is 0 Å². The second-order valence-corrected chi connectivity index (χ2v) is 5.16. The van der Waals surface area contributed by atoms with Crippen molar-refractivity contribution in [3.63, 3.8) is 0 Å². The van der Waals surface area contributed by atoms with Crippen LogP contribution < -0.4 is 4.90 Å². The highest BCUT2D eigenvalue weighted by Crippen LogP contribution is 2.27. The number of hydrogen-bond donors (Lipinski definition) is 0. The molecule has 4 heteroatoms. The molecule has 98 valence electrons. The summed E-state index contributed by atoms with van der Waals surface area (Å²) in [6, 6.07) is 12.4. The molecule has 0 N–H and O–H groups in total. The lowest BCUT2D eigenvalue weighted by Crippen LogP contribution is -2.09. The van der Waals surface area contributed by atoms with Gasteiger partial charge in [-0.1, -0.05) is 29.3 Å². The van der Waals surface area contributed by atoms with Crippen LogP contribution in [-0.4, -0.2) is 19.9 Å². The molecule has 2 nitrogen and oxygen atoms in total. The fourth-order valence-corrected chi connectivity index (χ4v) is 2.13. The van der Waals surface area contributed by atoms with Crippen LogP contribution in [0.3, 0.4) is 0 Å². The van der Waals surface area contributed by atoms with Crippen molar-refractivity contribution < 1.29 is 4.79 Å². The standard InChI is InChI=1S/C15H13Cl2NO/c1-18(2)11-8-6-10(7-9-11)15(19)12-4-3-5-13(16)14(12)17/h3-9H,1-2H3. The van der Waals surface area contributed by atoms with Gasteiger partial charge in [-0.15, -0.1) is 0 Å². The number of halogens is 2. The third kappa shape index (κ3) is 2.91. The number of rotatable bonds is 3. The van der Waals surface area contributed by atoms with Crippen LogP contribution in [0.5, 0.6) is 0 Å². The second-order valence-electron chi connectivity index (χ2n) is 4.37. The Hall–Kier alpha value is -1.51. The van der Waals surface area contributed by atoms with Gasteiger partial charge in [0, 0.05) is 30.9 Å². The lowest BCUT2D eigenvalue weighted by atomic mass is 10.0. The van der Waals surface area contributed by atoms with Gasteiger partial charge in [0.1, 0.15) is 0 Å². The molecule has 2 rings (SSSR count). The number of carbonyl (C=O) groups excluding carboxylic acids is 1. The number of ketones is 1. The minimum absolute atomic E-state index is 0.127. The molecule has 0 spiro atoms. The van der Waals surface area contributed by atoms with Crippen molar-refractivity contribution in [2.45, 2.75) is 0 Å². The van der Waals surface area contributed by atoms with E-state index in [2.05, 4.69) is 0 Å². The molecular formula is C15H13Cl2NO. The first kappa shape index (κ1) is 13.9. The molecule has 0 aliphatic heterocycles. The summed E-state index contributed by atoms with van der Waals surface area (Å²) in [5.74, 6) is -0.127. The lowest BCUT2D eigenvalue weighted by Gasteiger charge is -2.12. The maximum absolute atomic E-state index is 12.3. The summed E-state index contributed by atoms with van der Waals surface area (Å²) < 4.78 is 0. The van der Waals surface area contributed by atoms with Gasteiger partial charge in [0.25, 0.3) is 0 Å². The van der Waals surface area contributed by atoms with Crippen LogP contribution in [0.1, 0.15) is 15.9 Å². The smallest absolute Gasteiger partial charge is 0.194 e. The van der Waals surface area contributed by atoms with E-state index < -0.39 is 0 Å². The summed E-state index contributed by atoms with van der Waals surface area (Å²) in [4.78, 5) is 14.3. The molecule has 2 aromatic carbocycles. The molecule has 0 atom stereocenters. The Kier molecular flexibility index (Phi) is 4.13. The number of anilines is 1. The topological polar surface area (TPSA) is 20.3 Å². The normalized spacial score (nSPS) is 10.3. The van der Waals surface area contributed by atoms with Crippen LogP contribution >= 0.6 is 23.2 Å². The first-order valence-electron chi connectivity index (χ1n) is 5.77. The van der Waals surface area contributed by atoms with E-state index in [1.807, 2.05) is 31.1 Å². The average molecular weight is 294 g/mol. The monoisotopic (exact) mass is 293 g/mol. The average Bonchev–Trinajstić information content (AvgIpc) is 2.41. The predicted octanol–water partition coefficient (Wildman–Crippen LogP) is 4.29. The van der Waals surface area contributed by atoms with Crippen molar-refractivity contribution in [1.82, 2.24) is 0 Å². The summed E-state index contributed by atoms with van der Waals surface area (Å²) in [5, 5.41) is 0.684. The van der Waals surface area contributed by atoms with E-state index in [4.69, 9.17) is 23.2 Å². The van der Waals surface area contributed by atoms with Crippen LogP contribution in [0.15, 0.2) is 42.5 Å². The zero-order valence-corrected chi connectivity index (χ0v) is 12.2. The zero-order chi connectivity index (χ0) is 14.0. The zero-order valence-electron chi connectivity index (χ0n) is 10.7. The molecule has 2 aromatic rings. The molecule has 0 saturated heterocycles. The van der Waals surface area contributed by atoms with E-state index in [0.717, 1.165) is 5.69 Å². The van der Waals surface area contributed by atoms with Gasteiger partial charge in [-0.25, -0.2) is 0 Å². The molecule has 0 heterocycles. The van der Waals surface area contributed by atoms with Crippen LogP contribution in [0.25, 0.3) is 0 Å². The van der Waals surface area contributed by atoms with Gasteiger partial charge in [-0.05, 0) is 36.4 Å².